The third-order valence-electron chi connectivity index (χ3n) is 11.2. The van der Waals surface area contributed by atoms with E-state index in [-0.39, 0.29) is 0 Å². The first-order valence-electron chi connectivity index (χ1n) is 17.7. The Labute approximate surface area is 297 Å². The van der Waals surface area contributed by atoms with E-state index in [1.807, 2.05) is 0 Å². The summed E-state index contributed by atoms with van der Waals surface area (Å²) >= 11 is 0. The van der Waals surface area contributed by atoms with E-state index in [1.54, 1.807) is 0 Å². The summed E-state index contributed by atoms with van der Waals surface area (Å²) in [6.07, 6.45) is 0. The fourth-order valence-electron chi connectivity index (χ4n) is 9.15. The highest BCUT2D eigenvalue weighted by molar-refractivity contribution is 6.10. The second-order valence-electron chi connectivity index (χ2n) is 13.7. The molecular weight excluding hydrogens is 617 g/mol. The van der Waals surface area contributed by atoms with Gasteiger partial charge in [0.15, 0.2) is 0 Å². The minimum absolute atomic E-state index is 0.483. The first kappa shape index (κ1) is 28.2. The number of hydrogen-bond acceptors (Lipinski definition) is 1. The first-order chi connectivity index (χ1) is 25.3. The number of benzene rings is 8. The molecule has 1 aliphatic heterocycles. The summed E-state index contributed by atoms with van der Waals surface area (Å²) in [6, 6.07) is 71.5. The topological polar surface area (TPSA) is 8.17 Å². The molecule has 2 nitrogen and oxygen atoms in total. The number of aromatic nitrogens is 1. The van der Waals surface area contributed by atoms with Gasteiger partial charge in [-0.1, -0.05) is 140 Å². The summed E-state index contributed by atoms with van der Waals surface area (Å²) < 4.78 is 2.41. The average Bonchev–Trinajstić information content (AvgIpc) is 3.69. The molecule has 1 aliphatic carbocycles. The summed E-state index contributed by atoms with van der Waals surface area (Å²) in [6.45, 7) is 0. The Hall–Kier alpha value is -6.64. The molecule has 0 radical (unpaired) electrons. The Morgan fingerprint density at radius 1 is 0.333 bits per heavy atom. The molecule has 0 saturated carbocycles. The van der Waals surface area contributed by atoms with Gasteiger partial charge in [0.1, 0.15) is 0 Å². The van der Waals surface area contributed by atoms with Crippen LogP contribution >= 0.6 is 0 Å². The molecule has 2 aliphatic rings. The number of hydrogen-bond donors (Lipinski definition) is 0. The lowest BCUT2D eigenvalue weighted by Crippen LogP contribution is -2.36. The summed E-state index contributed by atoms with van der Waals surface area (Å²) in [5.74, 6) is 0. The van der Waals surface area contributed by atoms with Gasteiger partial charge in [0.25, 0.3) is 0 Å². The molecule has 0 N–H and O–H groups in total. The number of fused-ring (bicyclic) bond motifs is 12. The van der Waals surface area contributed by atoms with Gasteiger partial charge in [-0.2, -0.15) is 0 Å². The van der Waals surface area contributed by atoms with Crippen LogP contribution in [0.4, 0.5) is 17.1 Å². The molecule has 2 heterocycles. The highest BCUT2D eigenvalue weighted by Crippen LogP contribution is 2.63. The first-order valence-corrected chi connectivity index (χ1v) is 17.7. The molecule has 238 valence electrons. The number of para-hydroxylation sites is 5. The van der Waals surface area contributed by atoms with Crippen LogP contribution < -0.4 is 4.90 Å². The van der Waals surface area contributed by atoms with Gasteiger partial charge in [0.05, 0.1) is 27.8 Å². The smallest absolute Gasteiger partial charge is 0.0754 e. The Morgan fingerprint density at radius 3 is 1.61 bits per heavy atom. The van der Waals surface area contributed by atoms with Gasteiger partial charge < -0.3 is 9.47 Å². The number of anilines is 3. The van der Waals surface area contributed by atoms with E-state index in [2.05, 4.69) is 204 Å². The summed E-state index contributed by atoms with van der Waals surface area (Å²) in [4.78, 5) is 2.44. The van der Waals surface area contributed by atoms with Crippen molar-refractivity contribution in [1.29, 1.82) is 0 Å². The predicted octanol–water partition coefficient (Wildman–Crippen LogP) is 12.6. The average molecular weight is 649 g/mol. The molecule has 0 atom stereocenters. The zero-order valence-electron chi connectivity index (χ0n) is 27.9. The van der Waals surface area contributed by atoms with E-state index < -0.39 is 5.41 Å². The van der Waals surface area contributed by atoms with Crippen molar-refractivity contribution >= 4 is 38.9 Å². The van der Waals surface area contributed by atoms with Crippen LogP contribution in [0, 0.1) is 0 Å². The van der Waals surface area contributed by atoms with Crippen LogP contribution in [0.1, 0.15) is 22.3 Å². The molecule has 0 saturated heterocycles. The number of rotatable bonds is 3. The standard InChI is InChI=1S/C49H32N2/c1-3-15-35(16-4-1)50-45-24-12-8-20-39(45)40-30-28-34(32-48(40)50)33-27-29-38-37-19-7-9-21-41(37)49(44(38)31-33)42-22-10-13-25-46(42)51(36-17-5-2-6-18-36)47-26-14-11-23-43(47)49/h1-32H. The largest absolute Gasteiger partial charge is 0.310 e. The summed E-state index contributed by atoms with van der Waals surface area (Å²) in [7, 11) is 0. The van der Waals surface area contributed by atoms with Gasteiger partial charge in [-0.25, -0.2) is 0 Å². The third-order valence-corrected chi connectivity index (χ3v) is 11.2. The molecule has 1 aromatic heterocycles. The zero-order chi connectivity index (χ0) is 33.5. The van der Waals surface area contributed by atoms with E-state index in [0.717, 1.165) is 5.69 Å². The maximum atomic E-state index is 2.48. The third kappa shape index (κ3) is 3.82. The van der Waals surface area contributed by atoms with Gasteiger partial charge in [-0.3, -0.25) is 0 Å². The lowest BCUT2D eigenvalue weighted by molar-refractivity contribution is 0.753. The fraction of sp³-hybridized carbons (Fsp3) is 0.0204. The monoisotopic (exact) mass is 648 g/mol. The molecule has 0 fully saturated rings. The van der Waals surface area contributed by atoms with Crippen LogP contribution in [0.5, 0.6) is 0 Å². The molecule has 51 heavy (non-hydrogen) atoms. The maximum absolute atomic E-state index is 2.48. The van der Waals surface area contributed by atoms with E-state index in [9.17, 15) is 0 Å². The summed E-state index contributed by atoms with van der Waals surface area (Å²) in [5, 5.41) is 2.53. The van der Waals surface area contributed by atoms with Crippen molar-refractivity contribution in [3.63, 3.8) is 0 Å². The quantitative estimate of drug-likeness (QED) is 0.185. The van der Waals surface area contributed by atoms with Crippen LogP contribution in [0.15, 0.2) is 194 Å². The van der Waals surface area contributed by atoms with Crippen LogP contribution in [0.2, 0.25) is 0 Å². The van der Waals surface area contributed by atoms with Crippen LogP contribution in [0.3, 0.4) is 0 Å². The molecule has 1 spiro atoms. The highest BCUT2D eigenvalue weighted by atomic mass is 15.2. The molecule has 11 rings (SSSR count). The van der Waals surface area contributed by atoms with Gasteiger partial charge in [-0.15, -0.1) is 0 Å². The molecule has 2 heteroatoms. The molecule has 0 unspecified atom stereocenters. The minimum Gasteiger partial charge on any atom is -0.310 e. The van der Waals surface area contributed by atoms with Crippen LogP contribution in [0.25, 0.3) is 49.7 Å². The van der Waals surface area contributed by atoms with E-state index in [1.165, 1.54) is 83.4 Å². The normalized spacial score (nSPS) is 13.6. The van der Waals surface area contributed by atoms with Crippen molar-refractivity contribution in [2.75, 3.05) is 4.90 Å². The lowest BCUT2D eigenvalue weighted by Gasteiger charge is -2.45. The van der Waals surface area contributed by atoms with Gasteiger partial charge >= 0.3 is 0 Å². The number of nitrogens with zero attached hydrogens (tertiary/aromatic N) is 2. The zero-order valence-corrected chi connectivity index (χ0v) is 27.9. The van der Waals surface area contributed by atoms with Crippen LogP contribution in [-0.4, -0.2) is 4.57 Å². The molecule has 9 aromatic rings. The fourth-order valence-corrected chi connectivity index (χ4v) is 9.15. The van der Waals surface area contributed by atoms with Crippen molar-refractivity contribution in [3.8, 4) is 27.9 Å². The van der Waals surface area contributed by atoms with Crippen molar-refractivity contribution in [3.05, 3.63) is 216 Å². The van der Waals surface area contributed by atoms with Gasteiger partial charge in [-0.05, 0) is 99.1 Å². The molecule has 0 bridgehead atoms. The van der Waals surface area contributed by atoms with E-state index in [0.29, 0.717) is 0 Å². The Kier molecular flexibility index (Phi) is 5.91. The van der Waals surface area contributed by atoms with Crippen LogP contribution in [-0.2, 0) is 5.41 Å². The lowest BCUT2D eigenvalue weighted by atomic mass is 9.64. The van der Waals surface area contributed by atoms with Crippen molar-refractivity contribution in [2.45, 2.75) is 5.41 Å². The van der Waals surface area contributed by atoms with E-state index >= 15 is 0 Å². The Morgan fingerprint density at radius 2 is 0.863 bits per heavy atom. The predicted molar refractivity (Wildman–Crippen MR) is 212 cm³/mol. The van der Waals surface area contributed by atoms with Crippen molar-refractivity contribution < 1.29 is 0 Å². The minimum atomic E-state index is -0.483. The van der Waals surface area contributed by atoms with Gasteiger partial charge in [0, 0.05) is 22.1 Å². The van der Waals surface area contributed by atoms with Crippen molar-refractivity contribution in [1.82, 2.24) is 4.57 Å². The molecular formula is C49H32N2. The van der Waals surface area contributed by atoms with E-state index in [4.69, 9.17) is 0 Å². The summed E-state index contributed by atoms with van der Waals surface area (Å²) in [5.41, 5.74) is 17.0. The molecule has 8 aromatic carbocycles. The highest BCUT2D eigenvalue weighted by Gasteiger charge is 2.51. The Balaban J connectivity index is 1.19. The molecule has 0 amide bonds. The SMILES string of the molecule is c1ccc(N2c3ccccc3C3(c4ccccc4-c4ccc(-c5ccc6c7ccccc7n(-c7ccccc7)c6c5)cc43)c3ccccc32)cc1. The maximum Gasteiger partial charge on any atom is 0.0754 e. The van der Waals surface area contributed by atoms with Gasteiger partial charge in [0.2, 0.25) is 0 Å². The second-order valence-corrected chi connectivity index (χ2v) is 13.7. The Bertz CT molecular complexity index is 2760. The van der Waals surface area contributed by atoms with Crippen molar-refractivity contribution in [2.24, 2.45) is 0 Å². The second kappa shape index (κ2) is 10.7.